The molecule has 0 unspecified atom stereocenters. The number of hydrogen-bond donors (Lipinski definition) is 1. The topological polar surface area (TPSA) is 46.2 Å². The van der Waals surface area contributed by atoms with Crippen LogP contribution in [0.25, 0.3) is 0 Å². The lowest BCUT2D eigenvalue weighted by Crippen LogP contribution is -2.60. The quantitative estimate of drug-likeness (QED) is 0.687. The highest BCUT2D eigenvalue weighted by Crippen LogP contribution is 2.55. The molecule has 0 radical (unpaired) electrons. The van der Waals surface area contributed by atoms with Crippen LogP contribution >= 0.6 is 0 Å². The molecule has 4 aliphatic rings. The number of carbonyl (C=O) groups excluding carboxylic acids is 2. The molecule has 3 heteroatoms. The van der Waals surface area contributed by atoms with Crippen molar-refractivity contribution in [3.8, 4) is 0 Å². The lowest BCUT2D eigenvalue weighted by Gasteiger charge is -2.56. The minimum absolute atomic E-state index is 0.0911. The zero-order valence-electron chi connectivity index (χ0n) is 13.1. The summed E-state index contributed by atoms with van der Waals surface area (Å²) in [4.78, 5) is 24.8. The molecule has 4 saturated carbocycles. The van der Waals surface area contributed by atoms with Gasteiger partial charge in [0.05, 0.1) is 0 Å². The van der Waals surface area contributed by atoms with Crippen LogP contribution in [0.5, 0.6) is 0 Å². The molecule has 0 saturated heterocycles. The second-order valence-corrected chi connectivity index (χ2v) is 7.85. The minimum Gasteiger partial charge on any atom is -0.344 e. The van der Waals surface area contributed by atoms with E-state index < -0.39 is 11.7 Å². The summed E-state index contributed by atoms with van der Waals surface area (Å²) < 4.78 is 0. The third-order valence-electron chi connectivity index (χ3n) is 5.94. The molecule has 1 aromatic rings. The summed E-state index contributed by atoms with van der Waals surface area (Å²) in [5.41, 5.74) is 1.50. The number of benzene rings is 1. The smallest absolute Gasteiger partial charge is 0.292 e. The van der Waals surface area contributed by atoms with E-state index >= 15 is 0 Å². The third-order valence-corrected chi connectivity index (χ3v) is 5.94. The molecular formula is C19H23NO2. The second-order valence-electron chi connectivity index (χ2n) is 7.85. The Kier molecular flexibility index (Phi) is 3.14. The van der Waals surface area contributed by atoms with Gasteiger partial charge >= 0.3 is 0 Å². The van der Waals surface area contributed by atoms with Gasteiger partial charge in [0.1, 0.15) is 0 Å². The Balaban J connectivity index is 1.50. The van der Waals surface area contributed by atoms with Crippen LogP contribution < -0.4 is 5.32 Å². The van der Waals surface area contributed by atoms with Crippen LogP contribution in [0.1, 0.15) is 54.4 Å². The second kappa shape index (κ2) is 4.94. The first kappa shape index (κ1) is 14.0. The molecule has 0 spiro atoms. The maximum Gasteiger partial charge on any atom is 0.292 e. The molecule has 3 nitrogen and oxygen atoms in total. The van der Waals surface area contributed by atoms with Gasteiger partial charge in [-0.1, -0.05) is 29.8 Å². The van der Waals surface area contributed by atoms with Gasteiger partial charge in [-0.25, -0.2) is 0 Å². The van der Waals surface area contributed by atoms with Gasteiger partial charge in [-0.05, 0) is 63.2 Å². The standard InChI is InChI=1S/C19H23NO2/c1-12-2-4-16(5-3-12)17(21)18(22)20-19-9-13-6-14(10-19)8-15(7-13)11-19/h2-5,13-15H,6-11H2,1H3,(H,20,22). The normalized spacial score (nSPS) is 35.4. The molecule has 4 bridgehead atoms. The van der Waals surface area contributed by atoms with Crippen molar-refractivity contribution in [3.05, 3.63) is 35.4 Å². The van der Waals surface area contributed by atoms with Gasteiger partial charge in [0.15, 0.2) is 0 Å². The SMILES string of the molecule is Cc1ccc(C(=O)C(=O)NC23CC4CC(CC(C4)C2)C3)cc1. The first-order chi connectivity index (χ1) is 10.5. The van der Waals surface area contributed by atoms with Gasteiger partial charge < -0.3 is 5.32 Å². The first-order valence-corrected chi connectivity index (χ1v) is 8.46. The van der Waals surface area contributed by atoms with Gasteiger partial charge in [0.2, 0.25) is 5.78 Å². The number of amides is 1. The minimum atomic E-state index is -0.411. The Morgan fingerprint density at radius 1 is 0.955 bits per heavy atom. The van der Waals surface area contributed by atoms with Gasteiger partial charge in [-0.2, -0.15) is 0 Å². The highest BCUT2D eigenvalue weighted by Gasteiger charge is 2.51. The average Bonchev–Trinajstić information content (AvgIpc) is 2.45. The molecule has 22 heavy (non-hydrogen) atoms. The van der Waals surface area contributed by atoms with E-state index in [1.807, 2.05) is 19.1 Å². The molecule has 0 heterocycles. The predicted octanol–water partition coefficient (Wildman–Crippen LogP) is 3.26. The summed E-state index contributed by atoms with van der Waals surface area (Å²) in [6.45, 7) is 1.98. The summed E-state index contributed by atoms with van der Waals surface area (Å²) in [5.74, 6) is 1.49. The number of nitrogens with one attached hydrogen (secondary N) is 1. The first-order valence-electron chi connectivity index (χ1n) is 8.46. The van der Waals surface area contributed by atoms with E-state index in [1.54, 1.807) is 12.1 Å². The maximum absolute atomic E-state index is 12.5. The van der Waals surface area contributed by atoms with Gasteiger partial charge in [0.25, 0.3) is 5.91 Å². The van der Waals surface area contributed by atoms with Gasteiger partial charge in [0, 0.05) is 11.1 Å². The summed E-state index contributed by atoms with van der Waals surface area (Å²) in [6, 6.07) is 7.25. The summed E-state index contributed by atoms with van der Waals surface area (Å²) in [7, 11) is 0. The largest absolute Gasteiger partial charge is 0.344 e. The summed E-state index contributed by atoms with van der Waals surface area (Å²) in [5, 5.41) is 3.15. The fourth-order valence-electron chi connectivity index (χ4n) is 5.40. The molecule has 5 rings (SSSR count). The zero-order chi connectivity index (χ0) is 15.3. The van der Waals surface area contributed by atoms with Crippen molar-refractivity contribution in [2.75, 3.05) is 0 Å². The van der Waals surface area contributed by atoms with Crippen molar-refractivity contribution >= 4 is 11.7 Å². The van der Waals surface area contributed by atoms with Crippen molar-refractivity contribution in [2.24, 2.45) is 17.8 Å². The van der Waals surface area contributed by atoms with E-state index in [4.69, 9.17) is 0 Å². The van der Waals surface area contributed by atoms with E-state index in [-0.39, 0.29) is 5.54 Å². The molecule has 116 valence electrons. The zero-order valence-corrected chi connectivity index (χ0v) is 13.1. The molecular weight excluding hydrogens is 274 g/mol. The summed E-state index contributed by atoms with van der Waals surface area (Å²) in [6.07, 6.45) is 7.23. The summed E-state index contributed by atoms with van der Waals surface area (Å²) >= 11 is 0. The van der Waals surface area contributed by atoms with Crippen LogP contribution in [0, 0.1) is 24.7 Å². The Morgan fingerprint density at radius 3 is 1.95 bits per heavy atom. The van der Waals surface area contributed by atoms with Crippen molar-refractivity contribution in [3.63, 3.8) is 0 Å². The lowest BCUT2D eigenvalue weighted by atomic mass is 9.53. The van der Waals surface area contributed by atoms with Gasteiger partial charge in [-0.15, -0.1) is 0 Å². The molecule has 0 aromatic heterocycles. The Bertz CT molecular complexity index is 582. The fourth-order valence-corrected chi connectivity index (χ4v) is 5.40. The van der Waals surface area contributed by atoms with Crippen LogP contribution in [0.15, 0.2) is 24.3 Å². The predicted molar refractivity (Wildman–Crippen MR) is 84.6 cm³/mol. The van der Waals surface area contributed by atoms with Crippen LogP contribution in [-0.4, -0.2) is 17.2 Å². The number of hydrogen-bond acceptors (Lipinski definition) is 2. The van der Waals surface area contributed by atoms with Crippen LogP contribution in [0.4, 0.5) is 0 Å². The fraction of sp³-hybridized carbons (Fsp3) is 0.579. The van der Waals surface area contributed by atoms with E-state index in [0.717, 1.165) is 42.6 Å². The lowest BCUT2D eigenvalue weighted by molar-refractivity contribution is -0.122. The van der Waals surface area contributed by atoms with Crippen LogP contribution in [-0.2, 0) is 4.79 Å². The number of ketones is 1. The van der Waals surface area contributed by atoms with Crippen molar-refractivity contribution in [1.82, 2.24) is 5.32 Å². The van der Waals surface area contributed by atoms with Crippen LogP contribution in [0.3, 0.4) is 0 Å². The van der Waals surface area contributed by atoms with E-state index in [0.29, 0.717) is 5.56 Å². The van der Waals surface area contributed by atoms with Crippen molar-refractivity contribution in [1.29, 1.82) is 0 Å². The molecule has 4 aliphatic carbocycles. The molecule has 4 fully saturated rings. The molecule has 1 aromatic carbocycles. The monoisotopic (exact) mass is 297 g/mol. The van der Waals surface area contributed by atoms with Crippen LogP contribution in [0.2, 0.25) is 0 Å². The van der Waals surface area contributed by atoms with E-state index in [1.165, 1.54) is 19.3 Å². The average molecular weight is 297 g/mol. The van der Waals surface area contributed by atoms with Gasteiger partial charge in [-0.3, -0.25) is 9.59 Å². The Hall–Kier alpha value is -1.64. The molecule has 1 N–H and O–H groups in total. The third kappa shape index (κ3) is 2.37. The number of Topliss-reactive ketones (excluding diaryl/α,β-unsaturated/α-hetero) is 1. The van der Waals surface area contributed by atoms with Crippen molar-refractivity contribution < 1.29 is 9.59 Å². The highest BCUT2D eigenvalue weighted by atomic mass is 16.2. The Morgan fingerprint density at radius 2 is 1.45 bits per heavy atom. The number of carbonyl (C=O) groups is 2. The molecule has 1 amide bonds. The number of rotatable bonds is 3. The molecule has 0 aliphatic heterocycles. The maximum atomic E-state index is 12.5. The van der Waals surface area contributed by atoms with E-state index in [9.17, 15) is 9.59 Å². The molecule has 0 atom stereocenters. The van der Waals surface area contributed by atoms with E-state index in [2.05, 4.69) is 5.32 Å². The van der Waals surface area contributed by atoms with Crippen molar-refractivity contribution in [2.45, 2.75) is 51.0 Å². The highest BCUT2D eigenvalue weighted by molar-refractivity contribution is 6.42. The number of aryl methyl sites for hydroxylation is 1. The Labute approximate surface area is 131 Å².